The minimum Gasteiger partial charge on any atom is -0.326 e. The molecule has 5 nitrogen and oxygen atoms in total. The average molecular weight is 400 g/mol. The number of carbonyl (C=O) groups is 2. The van der Waals surface area contributed by atoms with Gasteiger partial charge in [-0.1, -0.05) is 28.1 Å². The highest BCUT2D eigenvalue weighted by molar-refractivity contribution is 9.10. The molecule has 0 atom stereocenters. The topological polar surface area (TPSA) is 70.6 Å². The summed E-state index contributed by atoms with van der Waals surface area (Å²) in [5.74, 6) is -0.0519. The summed E-state index contributed by atoms with van der Waals surface area (Å²) in [4.78, 5) is 23.9. The first-order valence-corrected chi connectivity index (χ1v) is 8.84. The second kappa shape index (κ2) is 7.61. The fourth-order valence-electron chi connectivity index (χ4n) is 2.28. The minimum atomic E-state index is -0.273. The van der Waals surface area contributed by atoms with Crippen molar-refractivity contribution >= 4 is 39.1 Å². The zero-order valence-electron chi connectivity index (χ0n) is 13.8. The molecule has 128 valence electrons. The number of nitrogens with zero attached hydrogens (tertiary/aromatic N) is 1. The molecule has 1 saturated carbocycles. The number of carbonyl (C=O) groups excluding carboxylic acids is 2. The Labute approximate surface area is 154 Å². The molecule has 0 aliphatic heterocycles. The number of amides is 2. The second-order valence-electron chi connectivity index (χ2n) is 5.99. The lowest BCUT2D eigenvalue weighted by molar-refractivity contribution is -0.117. The first kappa shape index (κ1) is 17.4. The van der Waals surface area contributed by atoms with Gasteiger partial charge in [-0.05, 0) is 61.7 Å². The number of hydrogen-bond donors (Lipinski definition) is 2. The predicted octanol–water partition coefficient (Wildman–Crippen LogP) is 3.95. The fraction of sp³-hybridized carbons (Fsp3) is 0.211. The molecule has 0 spiro atoms. The van der Waals surface area contributed by atoms with Crippen molar-refractivity contribution in [3.05, 3.63) is 64.1 Å². The van der Waals surface area contributed by atoms with Gasteiger partial charge in [0.05, 0.1) is 5.71 Å². The van der Waals surface area contributed by atoms with E-state index in [4.69, 9.17) is 0 Å². The predicted molar refractivity (Wildman–Crippen MR) is 102 cm³/mol. The SMILES string of the molecule is C/C(=N/NC(=O)c1ccc(Br)cc1)c1cccc(NC(=O)C2CC2)c1. The van der Waals surface area contributed by atoms with E-state index in [9.17, 15) is 9.59 Å². The molecule has 1 aliphatic carbocycles. The lowest BCUT2D eigenvalue weighted by Gasteiger charge is -2.07. The van der Waals surface area contributed by atoms with Gasteiger partial charge in [-0.25, -0.2) is 5.43 Å². The Kier molecular flexibility index (Phi) is 5.28. The van der Waals surface area contributed by atoms with Gasteiger partial charge >= 0.3 is 0 Å². The summed E-state index contributed by atoms with van der Waals surface area (Å²) in [6.07, 6.45) is 1.93. The number of anilines is 1. The summed E-state index contributed by atoms with van der Waals surface area (Å²) in [5.41, 5.74) is 5.32. The van der Waals surface area contributed by atoms with Crippen molar-refractivity contribution < 1.29 is 9.59 Å². The summed E-state index contributed by atoms with van der Waals surface area (Å²) in [6.45, 7) is 1.81. The highest BCUT2D eigenvalue weighted by Gasteiger charge is 2.29. The molecule has 0 radical (unpaired) electrons. The third-order valence-corrected chi connectivity index (χ3v) is 4.46. The maximum absolute atomic E-state index is 12.1. The first-order chi connectivity index (χ1) is 12.0. The fourth-order valence-corrected chi connectivity index (χ4v) is 2.54. The van der Waals surface area contributed by atoms with E-state index in [1.807, 2.05) is 31.2 Å². The molecule has 1 fully saturated rings. The highest BCUT2D eigenvalue weighted by Crippen LogP contribution is 2.30. The number of benzene rings is 2. The summed E-state index contributed by atoms with van der Waals surface area (Å²) >= 11 is 3.33. The van der Waals surface area contributed by atoms with E-state index in [1.165, 1.54) is 0 Å². The molecule has 25 heavy (non-hydrogen) atoms. The van der Waals surface area contributed by atoms with Crippen molar-refractivity contribution in [1.82, 2.24) is 5.43 Å². The van der Waals surface area contributed by atoms with Crippen molar-refractivity contribution in [2.75, 3.05) is 5.32 Å². The van der Waals surface area contributed by atoms with E-state index in [1.54, 1.807) is 24.3 Å². The van der Waals surface area contributed by atoms with Crippen LogP contribution in [0.3, 0.4) is 0 Å². The molecule has 0 heterocycles. The van der Waals surface area contributed by atoms with Crippen LogP contribution in [0.5, 0.6) is 0 Å². The van der Waals surface area contributed by atoms with Crippen molar-refractivity contribution in [1.29, 1.82) is 0 Å². The Morgan fingerprint density at radius 3 is 2.48 bits per heavy atom. The number of halogens is 1. The molecule has 2 aromatic rings. The number of hydrazone groups is 1. The van der Waals surface area contributed by atoms with Crippen LogP contribution in [0.25, 0.3) is 0 Å². The van der Waals surface area contributed by atoms with Gasteiger partial charge < -0.3 is 5.32 Å². The number of nitrogens with one attached hydrogen (secondary N) is 2. The maximum atomic E-state index is 12.1. The molecular weight excluding hydrogens is 382 g/mol. The molecule has 0 aromatic heterocycles. The van der Waals surface area contributed by atoms with E-state index >= 15 is 0 Å². The molecule has 3 rings (SSSR count). The first-order valence-electron chi connectivity index (χ1n) is 8.04. The van der Waals surface area contributed by atoms with Crippen molar-refractivity contribution in [2.45, 2.75) is 19.8 Å². The smallest absolute Gasteiger partial charge is 0.271 e. The van der Waals surface area contributed by atoms with Gasteiger partial charge in [0.15, 0.2) is 0 Å². The van der Waals surface area contributed by atoms with Gasteiger partial charge in [0.25, 0.3) is 5.91 Å². The van der Waals surface area contributed by atoms with Crippen molar-refractivity contribution in [3.63, 3.8) is 0 Å². The Morgan fingerprint density at radius 1 is 1.08 bits per heavy atom. The summed E-state index contributed by atoms with van der Waals surface area (Å²) in [6, 6.07) is 14.5. The van der Waals surface area contributed by atoms with Gasteiger partial charge in [-0.2, -0.15) is 5.10 Å². The van der Waals surface area contributed by atoms with Crippen molar-refractivity contribution in [2.24, 2.45) is 11.0 Å². The van der Waals surface area contributed by atoms with E-state index < -0.39 is 0 Å². The zero-order chi connectivity index (χ0) is 17.8. The monoisotopic (exact) mass is 399 g/mol. The summed E-state index contributed by atoms with van der Waals surface area (Å²) in [5, 5.41) is 7.06. The summed E-state index contributed by atoms with van der Waals surface area (Å²) < 4.78 is 0.911. The maximum Gasteiger partial charge on any atom is 0.271 e. The Bertz CT molecular complexity index is 827. The van der Waals surface area contributed by atoms with Crippen LogP contribution in [0, 0.1) is 5.92 Å². The average Bonchev–Trinajstić information content (AvgIpc) is 3.45. The Balaban J connectivity index is 1.66. The number of hydrogen-bond acceptors (Lipinski definition) is 3. The Morgan fingerprint density at radius 2 is 1.80 bits per heavy atom. The molecule has 2 N–H and O–H groups in total. The van der Waals surface area contributed by atoms with Crippen molar-refractivity contribution in [3.8, 4) is 0 Å². The van der Waals surface area contributed by atoms with Crippen LogP contribution in [-0.2, 0) is 4.79 Å². The Hall–Kier alpha value is -2.47. The normalized spacial score (nSPS) is 14.1. The van der Waals surface area contributed by atoms with Crippen LogP contribution in [0.1, 0.15) is 35.7 Å². The van der Waals surface area contributed by atoms with Gasteiger partial charge in [-0.3, -0.25) is 9.59 Å². The van der Waals surface area contributed by atoms with Crippen LogP contribution in [0.4, 0.5) is 5.69 Å². The van der Waals surface area contributed by atoms with Crippen LogP contribution in [0.15, 0.2) is 58.1 Å². The second-order valence-corrected chi connectivity index (χ2v) is 6.91. The molecule has 0 saturated heterocycles. The molecule has 1 aliphatic rings. The lowest BCUT2D eigenvalue weighted by Crippen LogP contribution is -2.19. The molecule has 0 bridgehead atoms. The van der Waals surface area contributed by atoms with Crippen LogP contribution >= 0.6 is 15.9 Å². The lowest BCUT2D eigenvalue weighted by atomic mass is 10.1. The highest BCUT2D eigenvalue weighted by atomic mass is 79.9. The van der Waals surface area contributed by atoms with E-state index in [-0.39, 0.29) is 17.7 Å². The van der Waals surface area contributed by atoms with Gasteiger partial charge in [0.2, 0.25) is 5.91 Å². The van der Waals surface area contributed by atoms with E-state index in [0.717, 1.165) is 28.6 Å². The third-order valence-electron chi connectivity index (χ3n) is 3.93. The van der Waals surface area contributed by atoms with Gasteiger partial charge in [-0.15, -0.1) is 0 Å². The number of rotatable bonds is 5. The standard InChI is InChI=1S/C19H18BrN3O2/c1-12(22-23-19(25)14-7-9-16(20)10-8-14)15-3-2-4-17(11-15)21-18(24)13-5-6-13/h2-4,7-11,13H,5-6H2,1H3,(H,21,24)(H,23,25)/b22-12-. The van der Waals surface area contributed by atoms with Gasteiger partial charge in [0.1, 0.15) is 0 Å². The molecule has 0 unspecified atom stereocenters. The summed E-state index contributed by atoms with van der Waals surface area (Å²) in [7, 11) is 0. The third kappa shape index (κ3) is 4.76. The van der Waals surface area contributed by atoms with E-state index in [0.29, 0.717) is 11.3 Å². The van der Waals surface area contributed by atoms with Crippen LogP contribution in [0.2, 0.25) is 0 Å². The van der Waals surface area contributed by atoms with Gasteiger partial charge in [0, 0.05) is 21.6 Å². The largest absolute Gasteiger partial charge is 0.326 e. The van der Waals surface area contributed by atoms with E-state index in [2.05, 4.69) is 31.8 Å². The molecule has 2 amide bonds. The van der Waals surface area contributed by atoms with Crippen LogP contribution in [-0.4, -0.2) is 17.5 Å². The zero-order valence-corrected chi connectivity index (χ0v) is 15.3. The molecular formula is C19H18BrN3O2. The minimum absolute atomic E-state index is 0.0651. The quantitative estimate of drug-likeness (QED) is 0.590. The van der Waals surface area contributed by atoms with Crippen LogP contribution < -0.4 is 10.7 Å². The molecule has 2 aromatic carbocycles. The molecule has 6 heteroatoms.